The number of nitrogens with zero attached hydrogens (tertiary/aromatic N) is 2. The van der Waals surface area contributed by atoms with Gasteiger partial charge in [-0.2, -0.15) is 11.8 Å². The molecule has 11 heteroatoms. The second-order valence-corrected chi connectivity index (χ2v) is 6.50. The summed E-state index contributed by atoms with van der Waals surface area (Å²) in [5.74, 6) is -0.224. The van der Waals surface area contributed by atoms with Gasteiger partial charge in [0, 0.05) is 5.70 Å². The molecular weight excluding hydrogens is 362 g/mol. The van der Waals surface area contributed by atoms with E-state index >= 15 is 0 Å². The van der Waals surface area contributed by atoms with E-state index in [1.807, 2.05) is 6.26 Å². The predicted molar refractivity (Wildman–Crippen MR) is 104 cm³/mol. The predicted octanol–water partition coefficient (Wildman–Crippen LogP) is 0.196. The Balaban J connectivity index is 3.08. The maximum atomic E-state index is 11.5. The summed E-state index contributed by atoms with van der Waals surface area (Å²) in [5, 5.41) is 5.65. The molecule has 8 N–H and O–H groups in total. The molecule has 0 saturated heterocycles. The highest BCUT2D eigenvalue weighted by Gasteiger charge is 2.18. The lowest BCUT2D eigenvalue weighted by molar-refractivity contribution is -0.118. The van der Waals surface area contributed by atoms with Crippen LogP contribution in [0.5, 0.6) is 0 Å². The minimum atomic E-state index is -0.772. The van der Waals surface area contributed by atoms with Gasteiger partial charge in [-0.3, -0.25) is 9.59 Å². The number of primary amides is 2. The lowest BCUT2D eigenvalue weighted by Gasteiger charge is -2.16. The van der Waals surface area contributed by atoms with E-state index in [1.54, 1.807) is 18.7 Å². The first-order valence-electron chi connectivity index (χ1n) is 7.21. The SMILES string of the molecule is CSCC[C@@H](Nc1cnc(C(N)=O)c(NC(=S)C=C(C)N)n1)C(N)=O. The second kappa shape index (κ2) is 9.79. The van der Waals surface area contributed by atoms with E-state index in [-0.39, 0.29) is 22.3 Å². The smallest absolute Gasteiger partial charge is 0.271 e. The molecule has 0 saturated carbocycles. The molecular formula is C14H21N7O2S2. The van der Waals surface area contributed by atoms with E-state index in [0.717, 1.165) is 5.75 Å². The molecule has 1 aromatic heterocycles. The molecule has 0 spiro atoms. The minimum Gasteiger partial charge on any atom is -0.402 e. The number of rotatable bonds is 9. The van der Waals surface area contributed by atoms with Crippen LogP contribution in [0.15, 0.2) is 18.0 Å². The molecule has 1 atom stereocenters. The van der Waals surface area contributed by atoms with Crippen molar-refractivity contribution >= 4 is 52.4 Å². The van der Waals surface area contributed by atoms with Crippen LogP contribution in [0.1, 0.15) is 23.8 Å². The highest BCUT2D eigenvalue weighted by molar-refractivity contribution is 7.98. The molecule has 1 rings (SSSR count). The average molecular weight is 384 g/mol. The lowest BCUT2D eigenvalue weighted by atomic mass is 10.2. The molecule has 0 bridgehead atoms. The van der Waals surface area contributed by atoms with Gasteiger partial charge in [0.2, 0.25) is 5.91 Å². The van der Waals surface area contributed by atoms with E-state index in [9.17, 15) is 9.59 Å². The Morgan fingerprint density at radius 1 is 1.40 bits per heavy atom. The second-order valence-electron chi connectivity index (χ2n) is 5.08. The van der Waals surface area contributed by atoms with Crippen molar-refractivity contribution < 1.29 is 9.59 Å². The zero-order valence-electron chi connectivity index (χ0n) is 13.9. The number of thiocarbonyl (C=S) groups is 1. The number of nitrogens with two attached hydrogens (primary N) is 3. The summed E-state index contributed by atoms with van der Waals surface area (Å²) in [6.45, 7) is 1.66. The number of hydrogen-bond acceptors (Lipinski definition) is 8. The molecule has 2 amide bonds. The van der Waals surface area contributed by atoms with Gasteiger partial charge in [0.1, 0.15) is 16.8 Å². The largest absolute Gasteiger partial charge is 0.402 e. The van der Waals surface area contributed by atoms with E-state index in [2.05, 4.69) is 20.6 Å². The number of aromatic nitrogens is 2. The van der Waals surface area contributed by atoms with Crippen LogP contribution in [0.3, 0.4) is 0 Å². The molecule has 25 heavy (non-hydrogen) atoms. The average Bonchev–Trinajstić information content (AvgIpc) is 2.50. The molecule has 1 aromatic rings. The highest BCUT2D eigenvalue weighted by Crippen LogP contribution is 2.15. The Hall–Kier alpha value is -2.40. The monoisotopic (exact) mass is 383 g/mol. The van der Waals surface area contributed by atoms with Crippen molar-refractivity contribution in [1.29, 1.82) is 0 Å². The topological polar surface area (TPSA) is 162 Å². The van der Waals surface area contributed by atoms with Crippen LogP contribution in [0.4, 0.5) is 11.6 Å². The first kappa shape index (κ1) is 20.6. The summed E-state index contributed by atoms with van der Waals surface area (Å²) in [6.07, 6.45) is 5.24. The summed E-state index contributed by atoms with van der Waals surface area (Å²) in [5.41, 5.74) is 16.6. The van der Waals surface area contributed by atoms with Crippen LogP contribution >= 0.6 is 24.0 Å². The van der Waals surface area contributed by atoms with Crippen molar-refractivity contribution in [3.8, 4) is 0 Å². The number of amides is 2. The molecule has 136 valence electrons. The van der Waals surface area contributed by atoms with Crippen molar-refractivity contribution in [2.24, 2.45) is 17.2 Å². The summed E-state index contributed by atoms with van der Waals surface area (Å²) >= 11 is 6.69. The van der Waals surface area contributed by atoms with E-state index in [1.165, 1.54) is 12.3 Å². The summed E-state index contributed by atoms with van der Waals surface area (Å²) in [4.78, 5) is 31.5. The van der Waals surface area contributed by atoms with Gasteiger partial charge in [0.15, 0.2) is 11.5 Å². The number of carbonyl (C=O) groups excluding carboxylic acids is 2. The molecule has 0 aromatic carbocycles. The Bertz CT molecular complexity index is 690. The normalized spacial score (nSPS) is 12.3. The fourth-order valence-electron chi connectivity index (χ4n) is 1.79. The van der Waals surface area contributed by atoms with Crippen LogP contribution in [0.2, 0.25) is 0 Å². The molecule has 9 nitrogen and oxygen atoms in total. The summed E-state index contributed by atoms with van der Waals surface area (Å²) in [6, 6.07) is -0.618. The van der Waals surface area contributed by atoms with Crippen molar-refractivity contribution in [3.05, 3.63) is 23.7 Å². The molecule has 0 aliphatic carbocycles. The van der Waals surface area contributed by atoms with Gasteiger partial charge < -0.3 is 27.8 Å². The Morgan fingerprint density at radius 3 is 2.60 bits per heavy atom. The number of hydrogen-bond donors (Lipinski definition) is 5. The first-order valence-corrected chi connectivity index (χ1v) is 9.01. The fraction of sp³-hybridized carbons (Fsp3) is 0.357. The van der Waals surface area contributed by atoms with Crippen LogP contribution in [0.25, 0.3) is 0 Å². The van der Waals surface area contributed by atoms with Gasteiger partial charge in [0.25, 0.3) is 5.91 Å². The van der Waals surface area contributed by atoms with E-state index < -0.39 is 17.9 Å². The van der Waals surface area contributed by atoms with Gasteiger partial charge in [-0.1, -0.05) is 12.2 Å². The van der Waals surface area contributed by atoms with Crippen molar-refractivity contribution in [3.63, 3.8) is 0 Å². The standard InChI is InChI=1S/C14H21N7O2S2/c1-7(15)5-10(24)21-14-11(13(17)23)18-6-9(20-14)19-8(12(16)22)3-4-25-2/h5-6,8H,3-4,15H2,1-2H3,(H2,16,22)(H2,17,23)(H2,19,20,21,24)/t8-/m1/s1. The van der Waals surface area contributed by atoms with Gasteiger partial charge in [-0.05, 0) is 31.4 Å². The molecule has 0 fully saturated rings. The molecule has 0 radical (unpaired) electrons. The Kier molecular flexibility index (Phi) is 8.08. The van der Waals surface area contributed by atoms with Crippen LogP contribution in [-0.2, 0) is 4.79 Å². The van der Waals surface area contributed by atoms with Crippen molar-refractivity contribution in [2.75, 3.05) is 22.6 Å². The third-order valence-corrected chi connectivity index (χ3v) is 3.75. The zero-order chi connectivity index (χ0) is 19.0. The van der Waals surface area contributed by atoms with E-state index in [4.69, 9.17) is 29.4 Å². The third kappa shape index (κ3) is 6.93. The Labute approximate surface area is 155 Å². The number of thioether (sulfide) groups is 1. The quantitative estimate of drug-likeness (QED) is 0.296. The number of carbonyl (C=O) groups is 2. The first-order chi connectivity index (χ1) is 11.7. The fourth-order valence-corrected chi connectivity index (χ4v) is 2.54. The van der Waals surface area contributed by atoms with Gasteiger partial charge in [-0.25, -0.2) is 9.97 Å². The van der Waals surface area contributed by atoms with Crippen LogP contribution < -0.4 is 27.8 Å². The third-order valence-electron chi connectivity index (χ3n) is 2.88. The highest BCUT2D eigenvalue weighted by atomic mass is 32.2. The number of anilines is 2. The van der Waals surface area contributed by atoms with Gasteiger partial charge in [-0.15, -0.1) is 0 Å². The van der Waals surface area contributed by atoms with E-state index in [0.29, 0.717) is 12.1 Å². The van der Waals surface area contributed by atoms with Crippen LogP contribution in [0, 0.1) is 0 Å². The molecule has 0 aliphatic heterocycles. The molecule has 0 unspecified atom stereocenters. The summed E-state index contributed by atoms with van der Waals surface area (Å²) in [7, 11) is 0. The van der Waals surface area contributed by atoms with Gasteiger partial charge >= 0.3 is 0 Å². The number of nitrogens with one attached hydrogen (secondary N) is 2. The van der Waals surface area contributed by atoms with Gasteiger partial charge in [0.05, 0.1) is 6.20 Å². The Morgan fingerprint density at radius 2 is 2.08 bits per heavy atom. The molecule has 0 aliphatic rings. The maximum Gasteiger partial charge on any atom is 0.271 e. The lowest BCUT2D eigenvalue weighted by Crippen LogP contribution is -2.36. The zero-order valence-corrected chi connectivity index (χ0v) is 15.5. The molecule has 1 heterocycles. The minimum absolute atomic E-state index is 0.0630. The van der Waals surface area contributed by atoms with Crippen LogP contribution in [-0.4, -0.2) is 44.8 Å². The number of allylic oxidation sites excluding steroid dienone is 1. The van der Waals surface area contributed by atoms with Crippen molar-refractivity contribution in [2.45, 2.75) is 19.4 Å². The van der Waals surface area contributed by atoms with Crippen molar-refractivity contribution in [1.82, 2.24) is 9.97 Å². The maximum absolute atomic E-state index is 11.5. The summed E-state index contributed by atoms with van der Waals surface area (Å²) < 4.78 is 0.